The molecule has 6 heteroatoms. The highest BCUT2D eigenvalue weighted by Gasteiger charge is 2.23. The minimum atomic E-state index is 0.0546. The number of piperazine rings is 1. The number of hydrogen-bond acceptors (Lipinski definition) is 5. The van der Waals surface area contributed by atoms with Crippen molar-refractivity contribution in [2.75, 3.05) is 39.3 Å². The van der Waals surface area contributed by atoms with Crippen LogP contribution in [0.4, 0.5) is 0 Å². The molecule has 1 aromatic heterocycles. The summed E-state index contributed by atoms with van der Waals surface area (Å²) in [6, 6.07) is 12.4. The van der Waals surface area contributed by atoms with Crippen LogP contribution in [0.5, 0.6) is 5.75 Å². The van der Waals surface area contributed by atoms with Crippen LogP contribution in [-0.4, -0.2) is 61.1 Å². The van der Waals surface area contributed by atoms with Crippen molar-refractivity contribution in [3.8, 4) is 5.75 Å². The maximum atomic E-state index is 12.3. The number of hydrogen-bond donors (Lipinski definition) is 1. The molecule has 0 saturated carbocycles. The molecule has 5 nitrogen and oxygen atoms in total. The zero-order valence-electron chi connectivity index (χ0n) is 14.9. The molecule has 1 fully saturated rings. The largest absolute Gasteiger partial charge is 0.488 e. The molecule has 4 rings (SSSR count). The van der Waals surface area contributed by atoms with Gasteiger partial charge in [0.1, 0.15) is 11.9 Å². The predicted molar refractivity (Wildman–Crippen MR) is 104 cm³/mol. The second kappa shape index (κ2) is 8.20. The number of nitrogens with zero attached hydrogens (tertiary/aromatic N) is 2. The van der Waals surface area contributed by atoms with Crippen LogP contribution in [0.15, 0.2) is 41.8 Å². The zero-order chi connectivity index (χ0) is 17.8. The summed E-state index contributed by atoms with van der Waals surface area (Å²) < 4.78 is 5.88. The number of thiophene rings is 1. The van der Waals surface area contributed by atoms with Crippen LogP contribution in [0.2, 0.25) is 0 Å². The van der Waals surface area contributed by atoms with Crippen LogP contribution in [0.25, 0.3) is 0 Å². The number of rotatable bonds is 6. The third-order valence-electron chi connectivity index (χ3n) is 5.03. The molecule has 1 amide bonds. The summed E-state index contributed by atoms with van der Waals surface area (Å²) in [4.78, 5) is 18.4. The molecule has 1 unspecified atom stereocenters. The van der Waals surface area contributed by atoms with Crippen molar-refractivity contribution in [3.05, 3.63) is 52.2 Å². The molecule has 1 N–H and O–H groups in total. The van der Waals surface area contributed by atoms with Crippen LogP contribution >= 0.6 is 11.3 Å². The van der Waals surface area contributed by atoms with Crippen LogP contribution in [0, 0.1) is 0 Å². The van der Waals surface area contributed by atoms with E-state index in [2.05, 4.69) is 38.7 Å². The summed E-state index contributed by atoms with van der Waals surface area (Å²) >= 11 is 1.81. The van der Waals surface area contributed by atoms with Gasteiger partial charge < -0.3 is 10.1 Å². The molecule has 1 aromatic carbocycles. The lowest BCUT2D eigenvalue weighted by atomic mass is 10.1. The van der Waals surface area contributed by atoms with E-state index in [4.69, 9.17) is 4.74 Å². The maximum Gasteiger partial charge on any atom is 0.234 e. The van der Waals surface area contributed by atoms with Gasteiger partial charge in [-0.25, -0.2) is 0 Å². The average Bonchev–Trinajstić information content (AvgIpc) is 3.30. The number of benzene rings is 1. The first kappa shape index (κ1) is 17.5. The summed E-state index contributed by atoms with van der Waals surface area (Å²) in [6.07, 6.45) is 0.927. The highest BCUT2D eigenvalue weighted by Crippen LogP contribution is 2.27. The highest BCUT2D eigenvalue weighted by atomic mass is 32.1. The number of para-hydroxylation sites is 1. The quantitative estimate of drug-likeness (QED) is 0.844. The molecule has 26 heavy (non-hydrogen) atoms. The van der Waals surface area contributed by atoms with Crippen molar-refractivity contribution in [1.29, 1.82) is 0 Å². The van der Waals surface area contributed by atoms with Gasteiger partial charge in [0.15, 0.2) is 0 Å². The molecule has 0 radical (unpaired) electrons. The van der Waals surface area contributed by atoms with E-state index in [0.717, 1.165) is 44.9 Å². The van der Waals surface area contributed by atoms with E-state index in [0.29, 0.717) is 13.1 Å². The van der Waals surface area contributed by atoms with E-state index >= 15 is 0 Å². The van der Waals surface area contributed by atoms with E-state index in [-0.39, 0.29) is 12.0 Å². The molecule has 2 aromatic rings. The summed E-state index contributed by atoms with van der Waals surface area (Å²) in [7, 11) is 0. The lowest BCUT2D eigenvalue weighted by Gasteiger charge is -2.34. The summed E-state index contributed by atoms with van der Waals surface area (Å²) in [5.74, 6) is 1.05. The van der Waals surface area contributed by atoms with E-state index in [9.17, 15) is 4.79 Å². The van der Waals surface area contributed by atoms with Crippen molar-refractivity contribution in [2.45, 2.75) is 19.1 Å². The van der Waals surface area contributed by atoms with Crippen LogP contribution < -0.4 is 10.1 Å². The van der Waals surface area contributed by atoms with Crippen molar-refractivity contribution in [1.82, 2.24) is 15.1 Å². The van der Waals surface area contributed by atoms with Crippen LogP contribution in [-0.2, 0) is 17.8 Å². The minimum absolute atomic E-state index is 0.0546. The SMILES string of the molecule is O=C(CN1CCN(Cc2cccs2)CC1)NCC1Cc2ccccc2O1. The first-order chi connectivity index (χ1) is 12.8. The smallest absolute Gasteiger partial charge is 0.234 e. The van der Waals surface area contributed by atoms with Crippen molar-refractivity contribution >= 4 is 17.2 Å². The Morgan fingerprint density at radius 1 is 1.12 bits per heavy atom. The molecule has 0 bridgehead atoms. The minimum Gasteiger partial charge on any atom is -0.488 e. The molecule has 138 valence electrons. The van der Waals surface area contributed by atoms with E-state index in [1.807, 2.05) is 29.5 Å². The molecular weight excluding hydrogens is 346 g/mol. The second-order valence-corrected chi connectivity index (χ2v) is 8.02. The van der Waals surface area contributed by atoms with Gasteiger partial charge in [-0.2, -0.15) is 0 Å². The van der Waals surface area contributed by atoms with E-state index in [1.165, 1.54) is 10.4 Å². The molecule has 1 atom stereocenters. The predicted octanol–water partition coefficient (Wildman–Crippen LogP) is 1.99. The standard InChI is InChI=1S/C20H25N3O2S/c24-20(21-13-17-12-16-4-1-2-6-19(16)25-17)15-23-9-7-22(8-10-23)14-18-5-3-11-26-18/h1-6,11,17H,7-10,12-15H2,(H,21,24). The number of ether oxygens (including phenoxy) is 1. The Labute approximate surface area is 158 Å². The fourth-order valence-electron chi connectivity index (χ4n) is 3.58. The Balaban J connectivity index is 1.15. The second-order valence-electron chi connectivity index (χ2n) is 6.99. The lowest BCUT2D eigenvalue weighted by molar-refractivity contribution is -0.123. The Morgan fingerprint density at radius 3 is 2.69 bits per heavy atom. The van der Waals surface area contributed by atoms with Crippen LogP contribution in [0.1, 0.15) is 10.4 Å². The Kier molecular flexibility index (Phi) is 5.53. The first-order valence-corrected chi connectivity index (χ1v) is 10.1. The molecule has 2 aliphatic heterocycles. The third-order valence-corrected chi connectivity index (χ3v) is 5.89. The normalized spacial score (nSPS) is 20.5. The summed E-state index contributed by atoms with van der Waals surface area (Å²) in [5.41, 5.74) is 1.23. The number of nitrogens with one attached hydrogen (secondary N) is 1. The van der Waals surface area contributed by atoms with Gasteiger partial charge in [-0.05, 0) is 23.1 Å². The van der Waals surface area contributed by atoms with Gasteiger partial charge in [0.2, 0.25) is 5.91 Å². The van der Waals surface area contributed by atoms with Crippen molar-refractivity contribution in [3.63, 3.8) is 0 Å². The molecule has 3 heterocycles. The fourth-order valence-corrected chi connectivity index (χ4v) is 4.33. The Hall–Kier alpha value is -1.89. The number of amides is 1. The zero-order valence-corrected chi connectivity index (χ0v) is 15.7. The molecule has 1 saturated heterocycles. The molecule has 0 aliphatic carbocycles. The summed E-state index contributed by atoms with van der Waals surface area (Å²) in [6.45, 7) is 6.02. The van der Waals surface area contributed by atoms with Gasteiger partial charge >= 0.3 is 0 Å². The Morgan fingerprint density at radius 2 is 1.92 bits per heavy atom. The van der Waals surface area contributed by atoms with Gasteiger partial charge in [0.25, 0.3) is 0 Å². The van der Waals surface area contributed by atoms with Crippen molar-refractivity contribution < 1.29 is 9.53 Å². The Bertz CT molecular complexity index is 701. The van der Waals surface area contributed by atoms with Gasteiger partial charge in [0.05, 0.1) is 13.1 Å². The number of fused-ring (bicyclic) bond motifs is 1. The van der Waals surface area contributed by atoms with Crippen LogP contribution in [0.3, 0.4) is 0 Å². The number of carbonyl (C=O) groups excluding carboxylic acids is 1. The van der Waals surface area contributed by atoms with Gasteiger partial charge in [-0.3, -0.25) is 14.6 Å². The topological polar surface area (TPSA) is 44.8 Å². The van der Waals surface area contributed by atoms with Gasteiger partial charge in [0, 0.05) is 44.0 Å². The third kappa shape index (κ3) is 4.44. The van der Waals surface area contributed by atoms with Crippen molar-refractivity contribution in [2.24, 2.45) is 0 Å². The maximum absolute atomic E-state index is 12.3. The molecular formula is C20H25N3O2S. The highest BCUT2D eigenvalue weighted by molar-refractivity contribution is 7.09. The summed E-state index contributed by atoms with van der Waals surface area (Å²) in [5, 5.41) is 5.16. The van der Waals surface area contributed by atoms with Gasteiger partial charge in [-0.1, -0.05) is 24.3 Å². The van der Waals surface area contributed by atoms with E-state index in [1.54, 1.807) is 0 Å². The molecule has 2 aliphatic rings. The first-order valence-electron chi connectivity index (χ1n) is 9.24. The molecule has 0 spiro atoms. The van der Waals surface area contributed by atoms with E-state index < -0.39 is 0 Å². The average molecular weight is 372 g/mol. The lowest BCUT2D eigenvalue weighted by Crippen LogP contribution is -2.49. The monoisotopic (exact) mass is 371 g/mol. The number of carbonyl (C=O) groups is 1. The van der Waals surface area contributed by atoms with Gasteiger partial charge in [-0.15, -0.1) is 11.3 Å². The fraction of sp³-hybridized carbons (Fsp3) is 0.450.